The molecule has 506 valence electrons. The molecular weight excluding hydrogens is 1160 g/mol. The van der Waals surface area contributed by atoms with Crippen LogP contribution in [0.5, 0.6) is 17.2 Å². The predicted molar refractivity (Wildman–Crippen MR) is 348 cm³/mol. The zero-order valence-electron chi connectivity index (χ0n) is 56.4. The minimum Gasteiger partial charge on any atom is -0.496 e. The maximum absolute atomic E-state index is 13.0. The summed E-state index contributed by atoms with van der Waals surface area (Å²) < 4.78 is 44.8. The normalized spacial score (nSPS) is 24.2. The molecule has 19 nitrogen and oxygen atoms in total. The van der Waals surface area contributed by atoms with E-state index in [2.05, 4.69) is 80.1 Å². The van der Waals surface area contributed by atoms with Crippen LogP contribution in [0.15, 0.2) is 90.1 Å². The number of rotatable bonds is 33. The molecule has 0 spiro atoms. The van der Waals surface area contributed by atoms with E-state index in [-0.39, 0.29) is 135 Å². The van der Waals surface area contributed by atoms with Gasteiger partial charge in [-0.3, -0.25) is 19.2 Å². The molecule has 4 aliphatic carbocycles. The van der Waals surface area contributed by atoms with Gasteiger partial charge >= 0.3 is 24.0 Å². The summed E-state index contributed by atoms with van der Waals surface area (Å²) in [6, 6.07) is 12.8. The van der Waals surface area contributed by atoms with Gasteiger partial charge in [0.1, 0.15) is 30.7 Å². The van der Waals surface area contributed by atoms with Gasteiger partial charge in [-0.1, -0.05) is 116 Å². The van der Waals surface area contributed by atoms with Gasteiger partial charge in [0.15, 0.2) is 11.5 Å². The maximum Gasteiger partial charge on any atom is 0.407 e. The fourth-order valence-electron chi connectivity index (χ4n) is 12.8. The summed E-state index contributed by atoms with van der Waals surface area (Å²) in [5.74, 6) is 1.62. The second kappa shape index (κ2) is 38.3. The Morgan fingerprint density at radius 2 is 1.15 bits per heavy atom. The van der Waals surface area contributed by atoms with Gasteiger partial charge in [0.05, 0.1) is 70.9 Å². The van der Waals surface area contributed by atoms with Crippen LogP contribution in [0.1, 0.15) is 157 Å². The first-order chi connectivity index (χ1) is 43.5. The van der Waals surface area contributed by atoms with E-state index < -0.39 is 36.5 Å². The van der Waals surface area contributed by atoms with Gasteiger partial charge < -0.3 is 64.1 Å². The number of fused-ring (bicyclic) bond motifs is 2. The lowest BCUT2D eigenvalue weighted by Crippen LogP contribution is -2.42. The third-order valence-electron chi connectivity index (χ3n) is 18.3. The van der Waals surface area contributed by atoms with Gasteiger partial charge in [0, 0.05) is 49.9 Å². The Morgan fingerprint density at radius 1 is 0.615 bits per heavy atom. The summed E-state index contributed by atoms with van der Waals surface area (Å²) in [5, 5.41) is 30.5. The first kappa shape index (κ1) is 75.0. The van der Waals surface area contributed by atoms with Crippen LogP contribution in [0.25, 0.3) is 0 Å². The molecule has 2 aromatic carbocycles. The zero-order valence-corrected chi connectivity index (χ0v) is 56.4. The van der Waals surface area contributed by atoms with Crippen molar-refractivity contribution in [2.75, 3.05) is 41.1 Å². The molecule has 6 rings (SSSR count). The van der Waals surface area contributed by atoms with Gasteiger partial charge in [-0.25, -0.2) is 9.59 Å². The van der Waals surface area contributed by atoms with Crippen LogP contribution in [-0.2, 0) is 60.7 Å². The summed E-state index contributed by atoms with van der Waals surface area (Å²) in [4.78, 5) is 75.8. The van der Waals surface area contributed by atoms with Crippen molar-refractivity contribution in [3.8, 4) is 17.2 Å². The second-order valence-electron chi connectivity index (χ2n) is 25.3. The minimum atomic E-state index is -0.994. The highest BCUT2D eigenvalue weighted by atomic mass is 16.6. The first-order valence-corrected chi connectivity index (χ1v) is 33.2. The molecule has 0 saturated carbocycles. The highest BCUT2D eigenvalue weighted by Gasteiger charge is 2.44. The van der Waals surface area contributed by atoms with E-state index in [4.69, 9.17) is 37.9 Å². The summed E-state index contributed by atoms with van der Waals surface area (Å²) in [6.45, 7) is 20.8. The molecule has 2 aromatic rings. The third kappa shape index (κ3) is 23.7. The van der Waals surface area contributed by atoms with E-state index in [9.17, 15) is 39.0 Å². The fourth-order valence-corrected chi connectivity index (χ4v) is 12.8. The topological polar surface area (TPSA) is 253 Å². The van der Waals surface area contributed by atoms with Crippen molar-refractivity contribution >= 4 is 35.8 Å². The van der Waals surface area contributed by atoms with Crippen LogP contribution in [-0.4, -0.2) is 124 Å². The number of methoxy groups -OCH3 is 3. The lowest BCUT2D eigenvalue weighted by Gasteiger charge is -2.43. The number of allylic oxidation sites excluding steroid dienone is 6. The van der Waals surface area contributed by atoms with Crippen molar-refractivity contribution in [2.45, 2.75) is 196 Å². The Kier molecular flexibility index (Phi) is 31.6. The molecule has 4 aliphatic rings. The number of amides is 3. The van der Waals surface area contributed by atoms with Crippen LogP contribution >= 0.6 is 0 Å². The molecule has 0 fully saturated rings. The van der Waals surface area contributed by atoms with Crippen molar-refractivity contribution in [1.29, 1.82) is 0 Å². The highest BCUT2D eigenvalue weighted by Crippen LogP contribution is 2.47. The number of benzene rings is 2. The Hall–Kier alpha value is -6.70. The number of alkyl carbamates (subject to hydrolysis) is 1. The number of esters is 3. The fraction of sp³-hybridized carbons (Fsp3) is 0.639. The molecule has 5 N–H and O–H groups in total. The third-order valence-corrected chi connectivity index (χ3v) is 18.3. The van der Waals surface area contributed by atoms with Crippen LogP contribution in [0.3, 0.4) is 0 Å². The van der Waals surface area contributed by atoms with Gasteiger partial charge in [-0.05, 0) is 136 Å². The van der Waals surface area contributed by atoms with Crippen LogP contribution in [0, 0.1) is 59.2 Å². The summed E-state index contributed by atoms with van der Waals surface area (Å²) >= 11 is 0. The largest absolute Gasteiger partial charge is 0.496 e. The molecule has 16 atom stereocenters. The molecule has 0 saturated heterocycles. The van der Waals surface area contributed by atoms with E-state index in [1.165, 1.54) is 11.1 Å². The Labute approximate surface area is 541 Å². The molecule has 16 unspecified atom stereocenters. The summed E-state index contributed by atoms with van der Waals surface area (Å²) in [6.07, 6.45) is 14.8. The van der Waals surface area contributed by atoms with Crippen molar-refractivity contribution < 1.29 is 76.9 Å². The van der Waals surface area contributed by atoms with Crippen LogP contribution in [0.2, 0.25) is 0 Å². The first-order valence-electron chi connectivity index (χ1n) is 33.2. The Morgan fingerprint density at radius 3 is 1.70 bits per heavy atom. The number of hydrogen-bond donors (Lipinski definition) is 5. The molecule has 3 amide bonds. The molecule has 0 heterocycles. The van der Waals surface area contributed by atoms with E-state index in [1.807, 2.05) is 65.0 Å². The molecule has 0 radical (unpaired) electrons. The SMILES string of the molecule is CCNC(=O)OC(CCC1C(C)C=CC2=CC(C)CC(OC(=O)C(C)CC)C21)CC(O)CC(=O)NCc1ccccc1OC.CCOC(=O)COC(CC(=O)NCc1ccc(OC)c(OC)c1)CC(O)CCC1C(C)C=CC2=CC(C)CC(OC(=O)C(C)CC)C21. The van der Waals surface area contributed by atoms with Gasteiger partial charge in [-0.15, -0.1) is 0 Å². The molecular formula is C72H107N3O16. The number of aliphatic hydroxyl groups excluding tert-OH is 2. The second-order valence-corrected chi connectivity index (χ2v) is 25.3. The Balaban J connectivity index is 0.000000331. The van der Waals surface area contributed by atoms with Crippen molar-refractivity contribution in [1.82, 2.24) is 16.0 Å². The van der Waals surface area contributed by atoms with Gasteiger partial charge in [0.25, 0.3) is 0 Å². The van der Waals surface area contributed by atoms with Crippen LogP contribution < -0.4 is 30.2 Å². The maximum atomic E-state index is 13.0. The number of carbonyl (C=O) groups is 6. The summed E-state index contributed by atoms with van der Waals surface area (Å²) in [7, 11) is 4.69. The minimum absolute atomic E-state index is 0.0344. The zero-order chi connectivity index (χ0) is 66.7. The molecule has 0 aliphatic heterocycles. The number of nitrogens with one attached hydrogen (secondary N) is 3. The van der Waals surface area contributed by atoms with E-state index >= 15 is 0 Å². The number of carbonyl (C=O) groups excluding carboxylic acids is 6. The van der Waals surface area contributed by atoms with Crippen molar-refractivity contribution in [2.24, 2.45) is 59.2 Å². The number of para-hydroxylation sites is 1. The predicted octanol–water partition coefficient (Wildman–Crippen LogP) is 11.3. The van der Waals surface area contributed by atoms with Gasteiger partial charge in [0.2, 0.25) is 11.8 Å². The van der Waals surface area contributed by atoms with E-state index in [0.717, 1.165) is 36.8 Å². The highest BCUT2D eigenvalue weighted by molar-refractivity contribution is 5.77. The molecule has 91 heavy (non-hydrogen) atoms. The molecule has 0 bridgehead atoms. The lowest BCUT2D eigenvalue weighted by molar-refractivity contribution is -0.159. The van der Waals surface area contributed by atoms with Crippen molar-refractivity contribution in [3.63, 3.8) is 0 Å². The van der Waals surface area contributed by atoms with Gasteiger partial charge in [-0.2, -0.15) is 0 Å². The van der Waals surface area contributed by atoms with E-state index in [1.54, 1.807) is 40.4 Å². The molecule has 19 heteroatoms. The molecule has 0 aromatic heterocycles. The smallest absolute Gasteiger partial charge is 0.407 e. The van der Waals surface area contributed by atoms with E-state index in [0.29, 0.717) is 61.3 Å². The quantitative estimate of drug-likeness (QED) is 0.0329. The summed E-state index contributed by atoms with van der Waals surface area (Å²) in [5.41, 5.74) is 4.06. The lowest BCUT2D eigenvalue weighted by atomic mass is 9.65. The number of hydrogen-bond acceptors (Lipinski definition) is 16. The monoisotopic (exact) mass is 1270 g/mol. The number of aliphatic hydroxyl groups is 2. The average molecular weight is 1270 g/mol. The number of ether oxygens (including phenoxy) is 8. The Bertz CT molecular complexity index is 2780. The average Bonchev–Trinajstić information content (AvgIpc) is 0.847. The standard InChI is InChI=1S/C37H55NO9.C35H52N2O7/c1-8-24(4)37(42)47-33-17-23(3)16-27-12-10-25(5)30(36(27)33)14-13-28(39)19-29(46-22-35(41)45-9-2)20-34(40)38-21-26-11-15-31(43-6)32(18-26)44-7;1-7-23(4)34(40)44-31-18-22(3)17-25-14-13-24(5)29(33(25)31)16-15-28(43-35(41)36-8-2)19-27(38)20-32(39)37-21-26-11-9-10-12-30(26)42-6/h10-12,15-16,18,23-25,28-30,33,36,39H,8-9,13-14,17,19-22H2,1-7H3,(H,38,40);9-14,17,22-24,27-29,31,33,38H,7-8,15-16,18-21H2,1-6H3,(H,36,41)(H,37,39). The van der Waals surface area contributed by atoms with Crippen LogP contribution in [0.4, 0.5) is 4.79 Å². The van der Waals surface area contributed by atoms with Crippen molar-refractivity contribution in [3.05, 3.63) is 101 Å².